The minimum atomic E-state index is -0.427. The first kappa shape index (κ1) is 15.0. The number of amides is 1. The molecule has 3 rings (SSSR count). The Morgan fingerprint density at radius 1 is 1.26 bits per heavy atom. The number of hydrogen-bond acceptors (Lipinski definition) is 4. The van der Waals surface area contributed by atoms with E-state index in [1.165, 1.54) is 6.92 Å². The zero-order chi connectivity index (χ0) is 16.2. The lowest BCUT2D eigenvalue weighted by molar-refractivity contribution is -0.118. The lowest BCUT2D eigenvalue weighted by Crippen LogP contribution is -2.34. The fraction of sp³-hybridized carbons (Fsp3) is 0.235. The average Bonchev–Trinajstić information content (AvgIpc) is 3.23. The molecule has 2 aromatic rings. The van der Waals surface area contributed by atoms with E-state index in [0.29, 0.717) is 18.7 Å². The summed E-state index contributed by atoms with van der Waals surface area (Å²) in [5.74, 6) is -0.256. The van der Waals surface area contributed by atoms with Gasteiger partial charge < -0.3 is 10.3 Å². The molecule has 0 aliphatic carbocycles. The molecule has 1 atom stereocenters. The number of aromatic nitrogens is 1. The van der Waals surface area contributed by atoms with Gasteiger partial charge in [0.1, 0.15) is 11.8 Å². The van der Waals surface area contributed by atoms with Crippen molar-refractivity contribution in [2.45, 2.75) is 25.9 Å². The minimum absolute atomic E-state index is 0.00947. The summed E-state index contributed by atoms with van der Waals surface area (Å²) in [6, 6.07) is 12.7. The number of carbonyl (C=O) groups is 2. The highest BCUT2D eigenvalue weighted by Crippen LogP contribution is 2.24. The number of nitrogens with zero attached hydrogens (tertiary/aromatic N) is 2. The third-order valence-electron chi connectivity index (χ3n) is 3.76. The lowest BCUT2D eigenvalue weighted by atomic mass is 10.1. The SMILES string of the molecule is CC(=O)[C@H]1CC(C(=O)NCc2ccc[nH]2)=NN1c1ccccc1. The molecule has 0 bridgehead atoms. The second-order valence-electron chi connectivity index (χ2n) is 5.44. The number of hydrazone groups is 1. The molecule has 118 valence electrons. The number of Topliss-reactive ketones (excluding diaryl/α,β-unsaturated/α-hetero) is 1. The van der Waals surface area contributed by atoms with Crippen LogP contribution in [-0.2, 0) is 16.1 Å². The first-order valence-electron chi connectivity index (χ1n) is 7.48. The van der Waals surface area contributed by atoms with Crippen molar-refractivity contribution in [1.82, 2.24) is 10.3 Å². The molecule has 0 spiro atoms. The molecule has 1 aliphatic heterocycles. The van der Waals surface area contributed by atoms with Crippen LogP contribution in [0.4, 0.5) is 5.69 Å². The van der Waals surface area contributed by atoms with Crippen molar-refractivity contribution in [3.8, 4) is 0 Å². The van der Waals surface area contributed by atoms with Crippen LogP contribution in [-0.4, -0.2) is 28.4 Å². The molecule has 1 aliphatic rings. The van der Waals surface area contributed by atoms with E-state index in [9.17, 15) is 9.59 Å². The molecule has 6 nitrogen and oxygen atoms in total. The highest BCUT2D eigenvalue weighted by molar-refractivity contribution is 6.40. The fourth-order valence-electron chi connectivity index (χ4n) is 2.54. The summed E-state index contributed by atoms with van der Waals surface area (Å²) in [4.78, 5) is 27.2. The summed E-state index contributed by atoms with van der Waals surface area (Å²) in [6.45, 7) is 1.93. The molecule has 0 radical (unpaired) electrons. The molecule has 0 fully saturated rings. The normalized spacial score (nSPS) is 17.0. The van der Waals surface area contributed by atoms with Crippen molar-refractivity contribution in [2.75, 3.05) is 5.01 Å². The van der Waals surface area contributed by atoms with Crippen molar-refractivity contribution in [3.05, 3.63) is 54.4 Å². The van der Waals surface area contributed by atoms with E-state index >= 15 is 0 Å². The van der Waals surface area contributed by atoms with Crippen LogP contribution < -0.4 is 10.3 Å². The van der Waals surface area contributed by atoms with Crippen molar-refractivity contribution < 1.29 is 9.59 Å². The Bertz CT molecular complexity index is 722. The van der Waals surface area contributed by atoms with E-state index in [0.717, 1.165) is 11.4 Å². The molecule has 0 saturated heterocycles. The maximum absolute atomic E-state index is 12.3. The van der Waals surface area contributed by atoms with E-state index in [2.05, 4.69) is 15.4 Å². The predicted molar refractivity (Wildman–Crippen MR) is 88.1 cm³/mol. The zero-order valence-corrected chi connectivity index (χ0v) is 12.8. The largest absolute Gasteiger partial charge is 0.364 e. The molecular weight excluding hydrogens is 292 g/mol. The summed E-state index contributed by atoms with van der Waals surface area (Å²) < 4.78 is 0. The van der Waals surface area contributed by atoms with Crippen LogP contribution in [0.1, 0.15) is 19.0 Å². The molecule has 2 N–H and O–H groups in total. The maximum atomic E-state index is 12.3. The Morgan fingerprint density at radius 2 is 2.04 bits per heavy atom. The van der Waals surface area contributed by atoms with Gasteiger partial charge in [-0.15, -0.1) is 0 Å². The van der Waals surface area contributed by atoms with Gasteiger partial charge in [0.05, 0.1) is 12.2 Å². The number of carbonyl (C=O) groups excluding carboxylic acids is 2. The number of anilines is 1. The van der Waals surface area contributed by atoms with Crippen LogP contribution >= 0.6 is 0 Å². The number of hydrogen-bond donors (Lipinski definition) is 2. The van der Waals surface area contributed by atoms with Crippen LogP contribution in [0.5, 0.6) is 0 Å². The average molecular weight is 310 g/mol. The molecule has 1 aromatic carbocycles. The summed E-state index contributed by atoms with van der Waals surface area (Å²) >= 11 is 0. The topological polar surface area (TPSA) is 77.6 Å². The van der Waals surface area contributed by atoms with E-state index in [1.807, 2.05) is 42.5 Å². The number of ketones is 1. The first-order valence-corrected chi connectivity index (χ1v) is 7.48. The minimum Gasteiger partial charge on any atom is -0.364 e. The van der Waals surface area contributed by atoms with Gasteiger partial charge in [-0.1, -0.05) is 18.2 Å². The lowest BCUT2D eigenvalue weighted by Gasteiger charge is -2.20. The molecule has 1 aromatic heterocycles. The predicted octanol–water partition coefficient (Wildman–Crippen LogP) is 1.85. The van der Waals surface area contributed by atoms with Crippen molar-refractivity contribution >= 4 is 23.1 Å². The Kier molecular flexibility index (Phi) is 4.23. The highest BCUT2D eigenvalue weighted by atomic mass is 16.2. The van der Waals surface area contributed by atoms with Gasteiger partial charge in [-0.05, 0) is 31.2 Å². The van der Waals surface area contributed by atoms with E-state index < -0.39 is 6.04 Å². The molecular formula is C17H18N4O2. The van der Waals surface area contributed by atoms with Gasteiger partial charge in [0.25, 0.3) is 5.91 Å². The van der Waals surface area contributed by atoms with Crippen molar-refractivity contribution in [3.63, 3.8) is 0 Å². The van der Waals surface area contributed by atoms with Gasteiger partial charge in [0.15, 0.2) is 5.78 Å². The molecule has 6 heteroatoms. The van der Waals surface area contributed by atoms with Crippen LogP contribution in [0.25, 0.3) is 0 Å². The molecule has 0 unspecified atom stereocenters. The van der Waals surface area contributed by atoms with Gasteiger partial charge in [0.2, 0.25) is 0 Å². The summed E-state index contributed by atoms with van der Waals surface area (Å²) in [5.41, 5.74) is 2.10. The summed E-state index contributed by atoms with van der Waals surface area (Å²) in [5, 5.41) is 8.82. The van der Waals surface area contributed by atoms with Gasteiger partial charge in [-0.3, -0.25) is 14.6 Å². The molecule has 1 amide bonds. The van der Waals surface area contributed by atoms with Gasteiger partial charge >= 0.3 is 0 Å². The Morgan fingerprint density at radius 3 is 2.70 bits per heavy atom. The van der Waals surface area contributed by atoms with E-state index in [4.69, 9.17) is 0 Å². The maximum Gasteiger partial charge on any atom is 0.267 e. The summed E-state index contributed by atoms with van der Waals surface area (Å²) in [7, 11) is 0. The third-order valence-corrected chi connectivity index (χ3v) is 3.76. The van der Waals surface area contributed by atoms with E-state index in [-0.39, 0.29) is 11.7 Å². The monoisotopic (exact) mass is 310 g/mol. The number of rotatable bonds is 5. The molecule has 0 saturated carbocycles. The van der Waals surface area contributed by atoms with Crippen molar-refractivity contribution in [1.29, 1.82) is 0 Å². The number of nitrogens with one attached hydrogen (secondary N) is 2. The molecule has 23 heavy (non-hydrogen) atoms. The zero-order valence-electron chi connectivity index (χ0n) is 12.8. The Balaban J connectivity index is 1.74. The second-order valence-corrected chi connectivity index (χ2v) is 5.44. The first-order chi connectivity index (χ1) is 11.1. The second kappa shape index (κ2) is 6.48. The number of aromatic amines is 1. The summed E-state index contributed by atoms with van der Waals surface area (Å²) in [6.07, 6.45) is 2.12. The van der Waals surface area contributed by atoms with E-state index in [1.54, 1.807) is 11.2 Å². The van der Waals surface area contributed by atoms with Crippen LogP contribution in [0.2, 0.25) is 0 Å². The fourth-order valence-corrected chi connectivity index (χ4v) is 2.54. The third kappa shape index (κ3) is 3.31. The van der Waals surface area contributed by atoms with Crippen LogP contribution in [0.3, 0.4) is 0 Å². The number of para-hydroxylation sites is 1. The standard InChI is InChI=1S/C17H18N4O2/c1-12(22)16-10-15(17(23)19-11-13-6-5-9-18-13)20-21(16)14-7-3-2-4-8-14/h2-9,16,18H,10-11H2,1H3,(H,19,23)/t16-/m1/s1. The number of benzene rings is 1. The Hall–Kier alpha value is -2.89. The van der Waals surface area contributed by atoms with Gasteiger partial charge in [-0.25, -0.2) is 0 Å². The number of H-pyrrole nitrogens is 1. The smallest absolute Gasteiger partial charge is 0.267 e. The van der Waals surface area contributed by atoms with Crippen LogP contribution in [0.15, 0.2) is 53.8 Å². The van der Waals surface area contributed by atoms with Gasteiger partial charge in [-0.2, -0.15) is 5.10 Å². The quantitative estimate of drug-likeness (QED) is 0.885. The van der Waals surface area contributed by atoms with Crippen molar-refractivity contribution in [2.24, 2.45) is 5.10 Å². The molecule has 2 heterocycles. The van der Waals surface area contributed by atoms with Crippen LogP contribution in [0, 0.1) is 0 Å². The van der Waals surface area contributed by atoms with Gasteiger partial charge in [0, 0.05) is 18.3 Å². The highest BCUT2D eigenvalue weighted by Gasteiger charge is 2.33. The Labute approximate surface area is 134 Å².